The number of sulfonamides is 1. The van der Waals surface area contributed by atoms with E-state index in [2.05, 4.69) is 5.32 Å². The molecule has 1 rings (SSSR count). The predicted octanol–water partition coefficient (Wildman–Crippen LogP) is -0.351. The van der Waals surface area contributed by atoms with E-state index in [4.69, 9.17) is 5.73 Å². The van der Waals surface area contributed by atoms with Gasteiger partial charge in [-0.15, -0.1) is 0 Å². The number of β-amino-alcohol motifs (C(OH)–C–C–N with tert-alkyl or cyclic N) is 1. The van der Waals surface area contributed by atoms with Gasteiger partial charge in [0.15, 0.2) is 0 Å². The highest BCUT2D eigenvalue weighted by atomic mass is 32.2. The van der Waals surface area contributed by atoms with Crippen LogP contribution < -0.4 is 11.1 Å². The van der Waals surface area contributed by atoms with Crippen molar-refractivity contribution in [3.63, 3.8) is 0 Å². The monoisotopic (exact) mass is 335 g/mol. The number of hydrogen-bond acceptors (Lipinski definition) is 5. The number of nitrogens with two attached hydrogens (primary N) is 1. The Hall–Kier alpha value is -0.700. The smallest absolute Gasteiger partial charge is 0.237 e. The molecule has 0 aromatic rings. The van der Waals surface area contributed by atoms with Crippen molar-refractivity contribution in [2.24, 2.45) is 11.7 Å². The van der Waals surface area contributed by atoms with Gasteiger partial charge in [-0.2, -0.15) is 4.31 Å². The van der Waals surface area contributed by atoms with Crippen LogP contribution in [0.15, 0.2) is 0 Å². The van der Waals surface area contributed by atoms with Gasteiger partial charge in [0.1, 0.15) is 0 Å². The lowest BCUT2D eigenvalue weighted by atomic mass is 10.0. The molecule has 0 bridgehead atoms. The van der Waals surface area contributed by atoms with Crippen LogP contribution in [0.5, 0.6) is 0 Å². The van der Waals surface area contributed by atoms with Gasteiger partial charge in [-0.05, 0) is 32.1 Å². The molecule has 1 aliphatic rings. The molecular formula is C14H29N3O4S. The normalized spacial score (nSPS) is 29.1. The number of nitrogens with zero attached hydrogens (tertiary/aromatic N) is 1. The zero-order chi connectivity index (χ0) is 17.1. The highest BCUT2D eigenvalue weighted by Crippen LogP contribution is 2.20. The molecule has 0 unspecified atom stereocenters. The molecule has 4 atom stereocenters. The molecule has 8 heteroatoms. The van der Waals surface area contributed by atoms with Crippen molar-refractivity contribution in [2.75, 3.05) is 12.8 Å². The van der Waals surface area contributed by atoms with Gasteiger partial charge in [0, 0.05) is 12.6 Å². The molecule has 1 heterocycles. The van der Waals surface area contributed by atoms with E-state index in [-0.39, 0.29) is 18.5 Å². The lowest BCUT2D eigenvalue weighted by Crippen LogP contribution is -2.52. The van der Waals surface area contributed by atoms with Crippen LogP contribution in [0.1, 0.15) is 40.0 Å². The maximum absolute atomic E-state index is 12.1. The quantitative estimate of drug-likeness (QED) is 0.635. The number of rotatable bonds is 5. The van der Waals surface area contributed by atoms with Crippen molar-refractivity contribution in [3.05, 3.63) is 0 Å². The van der Waals surface area contributed by atoms with E-state index in [1.54, 1.807) is 0 Å². The Morgan fingerprint density at radius 3 is 2.50 bits per heavy atom. The molecule has 0 radical (unpaired) electrons. The molecule has 0 aliphatic carbocycles. The van der Waals surface area contributed by atoms with Crippen molar-refractivity contribution < 1.29 is 18.3 Å². The summed E-state index contributed by atoms with van der Waals surface area (Å²) >= 11 is 0. The molecular weight excluding hydrogens is 306 g/mol. The molecule has 0 spiro atoms. The first-order chi connectivity index (χ1) is 10.0. The first-order valence-electron chi connectivity index (χ1n) is 7.73. The summed E-state index contributed by atoms with van der Waals surface area (Å²) < 4.78 is 24.8. The second kappa shape index (κ2) is 7.72. The van der Waals surface area contributed by atoms with E-state index in [9.17, 15) is 18.3 Å². The Balaban J connectivity index is 2.72. The lowest BCUT2D eigenvalue weighted by Gasteiger charge is -2.27. The fraction of sp³-hybridized carbons (Fsp3) is 0.929. The summed E-state index contributed by atoms with van der Waals surface area (Å²) in [5, 5.41) is 13.0. The third-order valence-electron chi connectivity index (χ3n) is 4.03. The molecule has 130 valence electrons. The first kappa shape index (κ1) is 19.3. The van der Waals surface area contributed by atoms with Gasteiger partial charge in [-0.25, -0.2) is 8.42 Å². The number of aliphatic hydroxyl groups excluding tert-OH is 1. The molecule has 1 saturated heterocycles. The molecule has 0 aromatic carbocycles. The summed E-state index contributed by atoms with van der Waals surface area (Å²) in [6.45, 7) is 5.77. The Kier molecular flexibility index (Phi) is 6.79. The molecule has 1 amide bonds. The van der Waals surface area contributed by atoms with Crippen molar-refractivity contribution in [3.8, 4) is 0 Å². The van der Waals surface area contributed by atoms with E-state index in [1.807, 2.05) is 20.8 Å². The fourth-order valence-corrected chi connectivity index (χ4v) is 3.97. The van der Waals surface area contributed by atoms with Crippen LogP contribution in [0, 0.1) is 5.92 Å². The Morgan fingerprint density at radius 1 is 1.41 bits per heavy atom. The maximum atomic E-state index is 12.1. The number of nitrogens with one attached hydrogen (secondary N) is 1. The topological polar surface area (TPSA) is 113 Å². The minimum atomic E-state index is -3.38. The summed E-state index contributed by atoms with van der Waals surface area (Å²) in [6, 6.07) is -1.28. The Labute approximate surface area is 133 Å². The molecule has 0 aromatic heterocycles. The lowest BCUT2D eigenvalue weighted by molar-refractivity contribution is -0.124. The van der Waals surface area contributed by atoms with Crippen LogP contribution in [0.2, 0.25) is 0 Å². The maximum Gasteiger partial charge on any atom is 0.237 e. The van der Waals surface area contributed by atoms with Crippen molar-refractivity contribution >= 4 is 15.9 Å². The van der Waals surface area contributed by atoms with Crippen LogP contribution in [-0.2, 0) is 14.8 Å². The average molecular weight is 335 g/mol. The minimum Gasteiger partial charge on any atom is -0.390 e. The standard InChI is InChI=1S/C14H29N3O4S/c1-9(2)7-11(15)14(19)16-12-6-5-10(3)17(8-13(12)18)22(4,20)21/h9-13,18H,5-8,15H2,1-4H3,(H,16,19)/t10-,11+,12+,13+/m1/s1. The summed E-state index contributed by atoms with van der Waals surface area (Å²) in [4.78, 5) is 12.1. The first-order valence-corrected chi connectivity index (χ1v) is 9.58. The van der Waals surface area contributed by atoms with Gasteiger partial charge in [0.2, 0.25) is 15.9 Å². The summed E-state index contributed by atoms with van der Waals surface area (Å²) in [5.74, 6) is 0.0127. The van der Waals surface area contributed by atoms with Crippen molar-refractivity contribution in [1.29, 1.82) is 0 Å². The summed E-state index contributed by atoms with van der Waals surface area (Å²) in [7, 11) is -3.38. The number of amides is 1. The second-order valence-electron chi connectivity index (χ2n) is 6.68. The molecule has 7 nitrogen and oxygen atoms in total. The van der Waals surface area contributed by atoms with Crippen molar-refractivity contribution in [1.82, 2.24) is 9.62 Å². The molecule has 1 aliphatic heterocycles. The van der Waals surface area contributed by atoms with Gasteiger partial charge in [-0.1, -0.05) is 13.8 Å². The van der Waals surface area contributed by atoms with E-state index in [0.717, 1.165) is 6.26 Å². The van der Waals surface area contributed by atoms with Crippen LogP contribution in [-0.4, -0.2) is 60.8 Å². The summed E-state index contributed by atoms with van der Waals surface area (Å²) in [5.41, 5.74) is 5.84. The largest absolute Gasteiger partial charge is 0.390 e. The number of hydrogen-bond donors (Lipinski definition) is 3. The highest BCUT2D eigenvalue weighted by molar-refractivity contribution is 7.88. The van der Waals surface area contributed by atoms with E-state index in [1.165, 1.54) is 4.31 Å². The second-order valence-corrected chi connectivity index (χ2v) is 8.61. The average Bonchev–Trinajstić information content (AvgIpc) is 2.50. The highest BCUT2D eigenvalue weighted by Gasteiger charge is 2.34. The van der Waals surface area contributed by atoms with E-state index in [0.29, 0.717) is 25.2 Å². The van der Waals surface area contributed by atoms with E-state index < -0.39 is 28.2 Å². The molecule has 1 fully saturated rings. The Morgan fingerprint density at radius 2 is 2.00 bits per heavy atom. The SMILES string of the molecule is CC(C)C[C@H](N)C(=O)N[C@H]1CC[C@@H](C)N(S(C)(=O)=O)C[C@@H]1O. The Bertz CT molecular complexity index is 480. The van der Waals surface area contributed by atoms with Crippen LogP contribution in [0.25, 0.3) is 0 Å². The van der Waals surface area contributed by atoms with Gasteiger partial charge in [-0.3, -0.25) is 4.79 Å². The third-order valence-corrected chi connectivity index (χ3v) is 5.40. The number of carbonyl (C=O) groups is 1. The summed E-state index contributed by atoms with van der Waals surface area (Å²) in [6.07, 6.45) is 1.87. The predicted molar refractivity (Wildman–Crippen MR) is 85.6 cm³/mol. The van der Waals surface area contributed by atoms with Crippen LogP contribution >= 0.6 is 0 Å². The van der Waals surface area contributed by atoms with Crippen LogP contribution in [0.3, 0.4) is 0 Å². The molecule has 22 heavy (non-hydrogen) atoms. The fourth-order valence-electron chi connectivity index (χ4n) is 2.78. The zero-order valence-electron chi connectivity index (χ0n) is 13.8. The number of aliphatic hydroxyl groups is 1. The van der Waals surface area contributed by atoms with Crippen molar-refractivity contribution in [2.45, 2.75) is 64.3 Å². The van der Waals surface area contributed by atoms with Crippen LogP contribution in [0.4, 0.5) is 0 Å². The minimum absolute atomic E-state index is 0.00956. The van der Waals surface area contributed by atoms with Gasteiger partial charge in [0.05, 0.1) is 24.4 Å². The number of carbonyl (C=O) groups excluding carboxylic acids is 1. The van der Waals surface area contributed by atoms with Gasteiger partial charge < -0.3 is 16.2 Å². The third kappa shape index (κ3) is 5.49. The zero-order valence-corrected chi connectivity index (χ0v) is 14.6. The molecule has 0 saturated carbocycles. The van der Waals surface area contributed by atoms with Gasteiger partial charge >= 0.3 is 0 Å². The molecule has 4 N–H and O–H groups in total. The van der Waals surface area contributed by atoms with Gasteiger partial charge in [0.25, 0.3) is 0 Å². The van der Waals surface area contributed by atoms with E-state index >= 15 is 0 Å².